The fourth-order valence-corrected chi connectivity index (χ4v) is 7.79. The maximum atomic E-state index is 14.1. The third kappa shape index (κ3) is 28.0. The third-order valence-corrected chi connectivity index (χ3v) is 12.9. The minimum absolute atomic E-state index is 0.0110. The highest BCUT2D eigenvalue weighted by Crippen LogP contribution is 2.15. The molecule has 30 heteroatoms. The SMILES string of the molecule is CC[C@H](C)[C@H](NC(=O)[C@H](CO)NC(=O)[C@H](CC(C)C)NC(=O)[C@@H](NC(=O)[C@H](CCC(=O)O)NC(=O)[C@H](CCC(=O)O)NC(=O)[C@@H](NC(=O)[C@@H](N)CCC(=O)O)[C@@H](C)CC)C(C)C)C(=O)N[C@@H](CC(C)C)C(=O)N[C@@H](CC(N)=O)C(=O)O. The molecule has 0 aromatic heterocycles. The lowest BCUT2D eigenvalue weighted by molar-refractivity contribution is -0.144. The van der Waals surface area contributed by atoms with Crippen molar-refractivity contribution in [1.82, 2.24) is 47.9 Å². The van der Waals surface area contributed by atoms with Gasteiger partial charge in [0.05, 0.1) is 19.1 Å². The predicted octanol–water partition coefficient (Wildman–Crippen LogP) is -2.94. The van der Waals surface area contributed by atoms with Crippen molar-refractivity contribution in [2.24, 2.45) is 41.1 Å². The Morgan fingerprint density at radius 1 is 0.395 bits per heavy atom. The number of rotatable bonds is 40. The second-order valence-electron chi connectivity index (χ2n) is 21.2. The molecule has 0 fully saturated rings. The van der Waals surface area contributed by atoms with E-state index in [2.05, 4.69) is 47.9 Å². The van der Waals surface area contributed by atoms with Crippen LogP contribution in [0.2, 0.25) is 0 Å². The van der Waals surface area contributed by atoms with Crippen molar-refractivity contribution in [2.75, 3.05) is 6.61 Å². The van der Waals surface area contributed by atoms with Crippen LogP contribution in [0.5, 0.6) is 0 Å². The molecule has 0 aromatic carbocycles. The Labute approximate surface area is 470 Å². The molecule has 81 heavy (non-hydrogen) atoms. The van der Waals surface area contributed by atoms with Gasteiger partial charge in [0.1, 0.15) is 54.4 Å². The van der Waals surface area contributed by atoms with Crippen molar-refractivity contribution in [3.8, 4) is 0 Å². The lowest BCUT2D eigenvalue weighted by atomic mass is 9.96. The molecule has 0 aromatic rings. The molecule has 460 valence electrons. The van der Waals surface area contributed by atoms with E-state index < -0.39 is 206 Å². The van der Waals surface area contributed by atoms with Crippen molar-refractivity contribution in [3.05, 3.63) is 0 Å². The van der Waals surface area contributed by atoms with E-state index in [1.165, 1.54) is 13.8 Å². The average molecular weight is 1160 g/mol. The summed E-state index contributed by atoms with van der Waals surface area (Å²) >= 11 is 0. The number of carbonyl (C=O) groups excluding carboxylic acids is 10. The number of carboxylic acid groups (broad SMARTS) is 4. The third-order valence-electron chi connectivity index (χ3n) is 12.9. The molecule has 0 rings (SSSR count). The molecular weight excluding hydrogens is 1070 g/mol. The summed E-state index contributed by atoms with van der Waals surface area (Å²) in [6, 6.07) is -15.4. The number of nitrogens with two attached hydrogens (primary N) is 2. The number of primary amides is 1. The molecule has 0 aliphatic carbocycles. The number of aliphatic hydroxyl groups excluding tert-OH is 1. The number of carbonyl (C=O) groups is 14. The van der Waals surface area contributed by atoms with Crippen LogP contribution in [0, 0.1) is 29.6 Å². The summed E-state index contributed by atoms with van der Waals surface area (Å²) in [5.74, 6) is -18.2. The van der Waals surface area contributed by atoms with Crippen LogP contribution in [-0.4, -0.2) is 176 Å². The second-order valence-corrected chi connectivity index (χ2v) is 21.2. The number of carboxylic acids is 4. The highest BCUT2D eigenvalue weighted by Gasteiger charge is 2.38. The van der Waals surface area contributed by atoms with E-state index >= 15 is 0 Å². The molecule has 0 saturated carbocycles. The molecule has 18 N–H and O–H groups in total. The standard InChI is InChI=1S/C51H87N11O19/c1-11-26(9)40(61-42(71)28(52)13-16-36(65)66)49(78)55-29(14-17-37(67)68)43(72)54-30(15-18-38(69)70)44(73)60-39(25(7)8)48(77)56-32(20-24(5)6)46(75)59-34(22-63)47(76)62-41(27(10)12-2)50(79)57-31(19-23(3)4)45(74)58-33(51(80)81)21-35(53)64/h23-34,39-41,63H,11-22,52H2,1-10H3,(H2,53,64)(H,54,72)(H,55,78)(H,56,77)(H,57,79)(H,58,74)(H,59,75)(H,60,73)(H,61,71)(H,62,76)(H,65,66)(H,67,68)(H,69,70)(H,80,81)/t26-,27-,28-,29-,30-,31-,32-,33-,34-,39-,40-,41-/m0/s1. The van der Waals surface area contributed by atoms with Gasteiger partial charge in [-0.1, -0.05) is 82.1 Å². The Morgan fingerprint density at radius 2 is 0.704 bits per heavy atom. The molecule has 30 nitrogen and oxygen atoms in total. The first-order chi connectivity index (χ1) is 37.6. The zero-order valence-corrected chi connectivity index (χ0v) is 47.8. The van der Waals surface area contributed by atoms with Crippen LogP contribution >= 0.6 is 0 Å². The van der Waals surface area contributed by atoms with Crippen LogP contribution in [0.25, 0.3) is 0 Å². The molecule has 12 atom stereocenters. The van der Waals surface area contributed by atoms with E-state index in [0.29, 0.717) is 0 Å². The Morgan fingerprint density at radius 3 is 1.06 bits per heavy atom. The van der Waals surface area contributed by atoms with E-state index in [0.717, 1.165) is 0 Å². The summed E-state index contributed by atoms with van der Waals surface area (Å²) < 4.78 is 0. The molecule has 10 amide bonds. The van der Waals surface area contributed by atoms with Crippen molar-refractivity contribution in [1.29, 1.82) is 0 Å². The van der Waals surface area contributed by atoms with Crippen LogP contribution < -0.4 is 59.3 Å². The van der Waals surface area contributed by atoms with Gasteiger partial charge in [0, 0.05) is 19.3 Å². The second kappa shape index (κ2) is 36.7. The van der Waals surface area contributed by atoms with Crippen LogP contribution in [0.3, 0.4) is 0 Å². The summed E-state index contributed by atoms with van der Waals surface area (Å²) in [6.45, 7) is 15.3. The van der Waals surface area contributed by atoms with Gasteiger partial charge < -0.3 is 84.9 Å². The summed E-state index contributed by atoms with van der Waals surface area (Å²) in [6.07, 6.45) is -3.60. The Hall–Kier alpha value is -7.50. The monoisotopic (exact) mass is 1160 g/mol. The van der Waals surface area contributed by atoms with Gasteiger partial charge in [0.2, 0.25) is 59.1 Å². The summed E-state index contributed by atoms with van der Waals surface area (Å²) in [5.41, 5.74) is 11.0. The topological polar surface area (TPSA) is 500 Å². The number of hydrogen-bond donors (Lipinski definition) is 16. The molecule has 0 aliphatic rings. The summed E-state index contributed by atoms with van der Waals surface area (Å²) in [5, 5.41) is 69.6. The largest absolute Gasteiger partial charge is 0.481 e. The van der Waals surface area contributed by atoms with Crippen molar-refractivity contribution in [3.63, 3.8) is 0 Å². The van der Waals surface area contributed by atoms with E-state index in [-0.39, 0.29) is 43.9 Å². The average Bonchev–Trinajstić information content (AvgIpc) is 3.37. The van der Waals surface area contributed by atoms with Gasteiger partial charge in [0.15, 0.2) is 0 Å². The quantitative estimate of drug-likeness (QED) is 0.0292. The van der Waals surface area contributed by atoms with Gasteiger partial charge in [-0.25, -0.2) is 4.79 Å². The number of hydrogen-bond acceptors (Lipinski definition) is 16. The molecule has 0 spiro atoms. The molecular formula is C51H87N11O19. The first-order valence-corrected chi connectivity index (χ1v) is 26.9. The summed E-state index contributed by atoms with van der Waals surface area (Å²) in [4.78, 5) is 181. The number of amides is 10. The molecule has 0 unspecified atom stereocenters. The molecule has 0 radical (unpaired) electrons. The van der Waals surface area contributed by atoms with Gasteiger partial charge >= 0.3 is 23.9 Å². The Bertz CT molecular complexity index is 2210. The number of aliphatic carboxylic acids is 4. The number of nitrogens with one attached hydrogen (secondary N) is 9. The lowest BCUT2D eigenvalue weighted by Crippen LogP contribution is -2.62. The van der Waals surface area contributed by atoms with Gasteiger partial charge in [-0.3, -0.25) is 62.3 Å². The van der Waals surface area contributed by atoms with Crippen LogP contribution in [0.15, 0.2) is 0 Å². The fraction of sp³-hybridized carbons (Fsp3) is 0.725. The Balaban J connectivity index is 6.70. The van der Waals surface area contributed by atoms with Crippen LogP contribution in [0.4, 0.5) is 0 Å². The summed E-state index contributed by atoms with van der Waals surface area (Å²) in [7, 11) is 0. The van der Waals surface area contributed by atoms with Crippen LogP contribution in [0.1, 0.15) is 140 Å². The van der Waals surface area contributed by atoms with Gasteiger partial charge in [-0.2, -0.15) is 0 Å². The minimum Gasteiger partial charge on any atom is -0.481 e. The zero-order chi connectivity index (χ0) is 62.6. The maximum Gasteiger partial charge on any atom is 0.326 e. The first kappa shape index (κ1) is 73.5. The minimum atomic E-state index is -1.75. The van der Waals surface area contributed by atoms with Crippen molar-refractivity contribution < 1.29 is 92.7 Å². The van der Waals surface area contributed by atoms with Gasteiger partial charge in [-0.15, -0.1) is 0 Å². The van der Waals surface area contributed by atoms with E-state index in [9.17, 15) is 87.5 Å². The number of aliphatic hydroxyl groups is 1. The predicted molar refractivity (Wildman–Crippen MR) is 287 cm³/mol. The van der Waals surface area contributed by atoms with Crippen molar-refractivity contribution >= 4 is 82.9 Å². The maximum absolute atomic E-state index is 14.1. The van der Waals surface area contributed by atoms with Crippen LogP contribution in [-0.2, 0) is 67.1 Å². The van der Waals surface area contributed by atoms with Gasteiger partial charge in [0.25, 0.3) is 0 Å². The molecule has 0 aliphatic heterocycles. The molecule has 0 bridgehead atoms. The van der Waals surface area contributed by atoms with Gasteiger partial charge in [-0.05, 0) is 61.7 Å². The van der Waals surface area contributed by atoms with Crippen molar-refractivity contribution in [2.45, 2.75) is 200 Å². The van der Waals surface area contributed by atoms with E-state index in [4.69, 9.17) is 16.6 Å². The lowest BCUT2D eigenvalue weighted by Gasteiger charge is -2.30. The first-order valence-electron chi connectivity index (χ1n) is 26.9. The highest BCUT2D eigenvalue weighted by molar-refractivity contribution is 5.99. The zero-order valence-electron chi connectivity index (χ0n) is 47.8. The molecule has 0 saturated heterocycles. The smallest absolute Gasteiger partial charge is 0.326 e. The molecule has 0 heterocycles. The highest BCUT2D eigenvalue weighted by atomic mass is 16.4. The fourth-order valence-electron chi connectivity index (χ4n) is 7.79. The normalized spacial score (nSPS) is 15.7. The van der Waals surface area contributed by atoms with E-state index in [1.54, 1.807) is 55.4 Å². The Kier molecular flexibility index (Phi) is 33.3. The van der Waals surface area contributed by atoms with E-state index in [1.807, 2.05) is 0 Å².